The highest BCUT2D eigenvalue weighted by molar-refractivity contribution is 9.11. The van der Waals surface area contributed by atoms with Crippen LogP contribution >= 0.6 is 31.9 Å². The summed E-state index contributed by atoms with van der Waals surface area (Å²) in [5.41, 5.74) is 7.66. The summed E-state index contributed by atoms with van der Waals surface area (Å²) in [4.78, 5) is 0. The molecule has 0 aliphatic carbocycles. The minimum Gasteiger partial charge on any atom is -0.323 e. The Morgan fingerprint density at radius 2 is 2.18 bits per heavy atom. The van der Waals surface area contributed by atoms with Gasteiger partial charge >= 0.3 is 0 Å². The van der Waals surface area contributed by atoms with Crippen molar-refractivity contribution in [1.29, 1.82) is 0 Å². The van der Waals surface area contributed by atoms with Crippen molar-refractivity contribution in [2.75, 3.05) is 0 Å². The third-order valence-corrected chi connectivity index (χ3v) is 3.62. The summed E-state index contributed by atoms with van der Waals surface area (Å²) in [5.74, 6) is 0. The molecule has 1 aromatic carbocycles. The Kier molecular flexibility index (Phi) is 3.96. The van der Waals surface area contributed by atoms with Gasteiger partial charge < -0.3 is 5.73 Å². The van der Waals surface area contributed by atoms with Crippen LogP contribution in [0.5, 0.6) is 0 Å². The van der Waals surface area contributed by atoms with Gasteiger partial charge in [0.25, 0.3) is 0 Å². The molecule has 0 radical (unpaired) electrons. The van der Waals surface area contributed by atoms with Crippen LogP contribution in [0.15, 0.2) is 33.3 Å². The lowest BCUT2D eigenvalue weighted by Crippen LogP contribution is -2.08. The Labute approximate surface area is 116 Å². The van der Waals surface area contributed by atoms with Crippen molar-refractivity contribution in [2.24, 2.45) is 5.73 Å². The normalized spacial score (nSPS) is 12.7. The number of benzene rings is 1. The molecular weight excluding hydrogens is 348 g/mol. The van der Waals surface area contributed by atoms with Crippen LogP contribution in [0.4, 0.5) is 0 Å². The molecule has 90 valence electrons. The monoisotopic (exact) mass is 358 g/mol. The van der Waals surface area contributed by atoms with Gasteiger partial charge in [-0.1, -0.05) is 28.1 Å². The molecule has 2 N–H and O–H groups in total. The molecule has 1 heterocycles. The SMILES string of the molecule is CCC(N)c1cn(-c2ccc(Br)cc2Br)nn1. The fourth-order valence-electron chi connectivity index (χ4n) is 1.44. The highest BCUT2D eigenvalue weighted by atomic mass is 79.9. The predicted octanol–water partition coefficient (Wildman–Crippen LogP) is 3.20. The molecule has 2 rings (SSSR count). The quantitative estimate of drug-likeness (QED) is 0.915. The highest BCUT2D eigenvalue weighted by Crippen LogP contribution is 2.25. The molecule has 1 unspecified atom stereocenters. The molecule has 2 aromatic rings. The molecule has 0 spiro atoms. The van der Waals surface area contributed by atoms with E-state index in [2.05, 4.69) is 42.2 Å². The van der Waals surface area contributed by atoms with Crippen LogP contribution in [0, 0.1) is 0 Å². The molecule has 0 amide bonds. The van der Waals surface area contributed by atoms with E-state index in [0.29, 0.717) is 0 Å². The van der Waals surface area contributed by atoms with Crippen LogP contribution in [0.25, 0.3) is 5.69 Å². The first-order valence-electron chi connectivity index (χ1n) is 5.25. The lowest BCUT2D eigenvalue weighted by atomic mass is 10.2. The summed E-state index contributed by atoms with van der Waals surface area (Å²) in [7, 11) is 0. The topological polar surface area (TPSA) is 56.7 Å². The molecule has 4 nitrogen and oxygen atoms in total. The van der Waals surface area contributed by atoms with E-state index < -0.39 is 0 Å². The molecule has 17 heavy (non-hydrogen) atoms. The van der Waals surface area contributed by atoms with Gasteiger partial charge in [0.05, 0.1) is 23.6 Å². The molecular formula is C11H12Br2N4. The minimum atomic E-state index is -0.0574. The van der Waals surface area contributed by atoms with Crippen molar-refractivity contribution < 1.29 is 0 Å². The van der Waals surface area contributed by atoms with Crippen LogP contribution in [0.1, 0.15) is 25.1 Å². The number of hydrogen-bond donors (Lipinski definition) is 1. The van der Waals surface area contributed by atoms with Crippen LogP contribution in [0.3, 0.4) is 0 Å². The lowest BCUT2D eigenvalue weighted by Gasteiger charge is -2.04. The van der Waals surface area contributed by atoms with E-state index in [1.165, 1.54) is 0 Å². The maximum absolute atomic E-state index is 5.91. The summed E-state index contributed by atoms with van der Waals surface area (Å²) in [6.45, 7) is 2.03. The largest absolute Gasteiger partial charge is 0.323 e. The minimum absolute atomic E-state index is 0.0574. The second-order valence-corrected chi connectivity index (χ2v) is 5.47. The van der Waals surface area contributed by atoms with Gasteiger partial charge in [0.1, 0.15) is 0 Å². The van der Waals surface area contributed by atoms with E-state index in [1.807, 2.05) is 31.3 Å². The molecule has 0 saturated carbocycles. The zero-order valence-electron chi connectivity index (χ0n) is 9.27. The third kappa shape index (κ3) is 2.75. The molecule has 6 heteroatoms. The predicted molar refractivity (Wildman–Crippen MR) is 74.0 cm³/mol. The van der Waals surface area contributed by atoms with Crippen molar-refractivity contribution in [1.82, 2.24) is 15.0 Å². The average Bonchev–Trinajstić information content (AvgIpc) is 2.77. The number of aromatic nitrogens is 3. The molecule has 1 aromatic heterocycles. The summed E-state index contributed by atoms with van der Waals surface area (Å²) in [6, 6.07) is 5.83. The molecule has 1 atom stereocenters. The Morgan fingerprint density at radius 1 is 1.41 bits per heavy atom. The number of halogens is 2. The van der Waals surface area contributed by atoms with Crippen LogP contribution in [-0.2, 0) is 0 Å². The Hall–Kier alpha value is -0.720. The standard InChI is InChI=1S/C11H12Br2N4/c1-2-9(14)10-6-17(16-15-10)11-4-3-7(12)5-8(11)13/h3-6,9H,2,14H2,1H3. The van der Waals surface area contributed by atoms with Crippen molar-refractivity contribution in [3.63, 3.8) is 0 Å². The first-order valence-corrected chi connectivity index (χ1v) is 6.83. The zero-order valence-corrected chi connectivity index (χ0v) is 12.4. The van der Waals surface area contributed by atoms with Gasteiger partial charge in [0.2, 0.25) is 0 Å². The summed E-state index contributed by atoms with van der Waals surface area (Å²) in [5, 5.41) is 8.17. The molecule has 0 fully saturated rings. The van der Waals surface area contributed by atoms with Crippen LogP contribution in [0.2, 0.25) is 0 Å². The van der Waals surface area contributed by atoms with E-state index >= 15 is 0 Å². The zero-order chi connectivity index (χ0) is 12.4. The van der Waals surface area contributed by atoms with E-state index in [-0.39, 0.29) is 6.04 Å². The maximum atomic E-state index is 5.91. The fourth-order valence-corrected chi connectivity index (χ4v) is 2.67. The number of hydrogen-bond acceptors (Lipinski definition) is 3. The Balaban J connectivity index is 2.37. The van der Waals surface area contributed by atoms with Crippen molar-refractivity contribution in [3.8, 4) is 5.69 Å². The first kappa shape index (κ1) is 12.7. The second-order valence-electron chi connectivity index (χ2n) is 3.70. The number of nitrogens with two attached hydrogens (primary N) is 1. The van der Waals surface area contributed by atoms with Crippen molar-refractivity contribution >= 4 is 31.9 Å². The molecule has 0 aliphatic rings. The fraction of sp³-hybridized carbons (Fsp3) is 0.273. The van der Waals surface area contributed by atoms with Crippen LogP contribution < -0.4 is 5.73 Å². The maximum Gasteiger partial charge on any atom is 0.0998 e. The van der Waals surface area contributed by atoms with Gasteiger partial charge in [-0.05, 0) is 40.5 Å². The van der Waals surface area contributed by atoms with Crippen LogP contribution in [-0.4, -0.2) is 15.0 Å². The van der Waals surface area contributed by atoms with Gasteiger partial charge in [0.15, 0.2) is 0 Å². The van der Waals surface area contributed by atoms with Gasteiger partial charge in [-0.3, -0.25) is 0 Å². The lowest BCUT2D eigenvalue weighted by molar-refractivity contribution is 0.670. The van der Waals surface area contributed by atoms with Gasteiger partial charge in [-0.15, -0.1) is 5.10 Å². The second kappa shape index (κ2) is 5.29. The van der Waals surface area contributed by atoms with Gasteiger partial charge in [0, 0.05) is 8.95 Å². The highest BCUT2D eigenvalue weighted by Gasteiger charge is 2.10. The van der Waals surface area contributed by atoms with Gasteiger partial charge in [-0.25, -0.2) is 4.68 Å². The third-order valence-electron chi connectivity index (χ3n) is 2.49. The smallest absolute Gasteiger partial charge is 0.0998 e. The molecule has 0 saturated heterocycles. The first-order chi connectivity index (χ1) is 8.11. The number of nitrogens with zero attached hydrogens (tertiary/aromatic N) is 3. The number of rotatable bonds is 3. The van der Waals surface area contributed by atoms with Gasteiger partial charge in [-0.2, -0.15) is 0 Å². The van der Waals surface area contributed by atoms with E-state index in [9.17, 15) is 0 Å². The Morgan fingerprint density at radius 3 is 2.82 bits per heavy atom. The van der Waals surface area contributed by atoms with E-state index in [4.69, 9.17) is 5.73 Å². The van der Waals surface area contributed by atoms with E-state index in [1.54, 1.807) is 4.68 Å². The molecule has 0 aliphatic heterocycles. The average molecular weight is 360 g/mol. The van der Waals surface area contributed by atoms with E-state index in [0.717, 1.165) is 26.7 Å². The molecule has 0 bridgehead atoms. The summed E-state index contributed by atoms with van der Waals surface area (Å²) < 4.78 is 3.69. The summed E-state index contributed by atoms with van der Waals surface area (Å²) >= 11 is 6.91. The Bertz CT molecular complexity index is 524. The van der Waals surface area contributed by atoms with Crippen molar-refractivity contribution in [3.05, 3.63) is 39.0 Å². The summed E-state index contributed by atoms with van der Waals surface area (Å²) in [6.07, 6.45) is 2.71. The van der Waals surface area contributed by atoms with Crippen molar-refractivity contribution in [2.45, 2.75) is 19.4 Å².